The number of ether oxygens (including phenoxy) is 1. The van der Waals surface area contributed by atoms with Gasteiger partial charge in [0.15, 0.2) is 5.60 Å². The minimum atomic E-state index is -0.707. The van der Waals surface area contributed by atoms with Gasteiger partial charge in [-0.15, -0.1) is 0 Å². The topological polar surface area (TPSA) is 66.9 Å². The highest BCUT2D eigenvalue weighted by Gasteiger charge is 2.57. The van der Waals surface area contributed by atoms with Crippen LogP contribution in [0.4, 0.5) is 5.69 Å². The fourth-order valence-corrected chi connectivity index (χ4v) is 5.21. The average molecular weight is 402 g/mol. The zero-order valence-corrected chi connectivity index (χ0v) is 16.6. The van der Waals surface area contributed by atoms with E-state index in [4.69, 9.17) is 4.74 Å². The summed E-state index contributed by atoms with van der Waals surface area (Å²) in [6, 6.07) is 15.4. The zero-order chi connectivity index (χ0) is 20.5. The van der Waals surface area contributed by atoms with E-state index < -0.39 is 11.0 Å². The predicted octanol–water partition coefficient (Wildman–Crippen LogP) is 2.75. The highest BCUT2D eigenvalue weighted by Crippen LogP contribution is 2.52. The first-order valence-corrected chi connectivity index (χ1v) is 10.6. The van der Waals surface area contributed by atoms with Crippen LogP contribution in [-0.2, 0) is 25.3 Å². The van der Waals surface area contributed by atoms with Crippen LogP contribution < -0.4 is 4.90 Å². The number of hydrogen-bond acceptors (Lipinski definition) is 4. The molecule has 1 unspecified atom stereocenters. The van der Waals surface area contributed by atoms with Gasteiger partial charge in [-0.3, -0.25) is 9.59 Å². The summed E-state index contributed by atoms with van der Waals surface area (Å²) >= 11 is 0. The molecule has 6 nitrogen and oxygen atoms in total. The van der Waals surface area contributed by atoms with Crippen molar-refractivity contribution in [3.63, 3.8) is 0 Å². The summed E-state index contributed by atoms with van der Waals surface area (Å²) in [6.45, 7) is 1.76. The Hall–Kier alpha value is -3.15. The van der Waals surface area contributed by atoms with Crippen molar-refractivity contribution in [2.75, 3.05) is 24.5 Å². The Bertz CT molecular complexity index is 1090. The number of esters is 1. The lowest BCUT2D eigenvalue weighted by atomic mass is 9.91. The molecule has 1 spiro atoms. The van der Waals surface area contributed by atoms with Gasteiger partial charge in [-0.1, -0.05) is 30.3 Å². The molecule has 152 valence electrons. The molecule has 3 heterocycles. The molecule has 0 radical (unpaired) electrons. The maximum absolute atomic E-state index is 13.5. The standard InChI is InChI=1S/C24H22N2O4/c27-20-9-13-26(20)17-7-5-16(6-8-17)23(10-11-23)22(29)25-14-12-24(15-25)19-4-2-1-3-18(19)21(28)30-24/h1-8H,9-15H2. The maximum atomic E-state index is 13.5. The lowest BCUT2D eigenvalue weighted by molar-refractivity contribution is -0.134. The van der Waals surface area contributed by atoms with E-state index in [0.29, 0.717) is 31.5 Å². The van der Waals surface area contributed by atoms with E-state index >= 15 is 0 Å². The molecule has 2 aromatic rings. The number of carbonyl (C=O) groups is 3. The SMILES string of the molecule is O=C1OC2(CCN(C(=O)C3(c4ccc(N5CCC5=O)cc4)CC3)C2)c2ccccc21. The van der Waals surface area contributed by atoms with Crippen LogP contribution in [0.2, 0.25) is 0 Å². The Morgan fingerprint density at radius 2 is 1.70 bits per heavy atom. The van der Waals surface area contributed by atoms with E-state index in [2.05, 4.69) is 0 Å². The molecule has 0 bridgehead atoms. The van der Waals surface area contributed by atoms with Crippen LogP contribution in [-0.4, -0.2) is 42.3 Å². The van der Waals surface area contributed by atoms with Gasteiger partial charge in [0.05, 0.1) is 17.5 Å². The van der Waals surface area contributed by atoms with Crippen molar-refractivity contribution < 1.29 is 19.1 Å². The Labute approximate surface area is 174 Å². The summed E-state index contributed by atoms with van der Waals surface area (Å²) in [4.78, 5) is 41.1. The summed E-state index contributed by atoms with van der Waals surface area (Å²) in [6.07, 6.45) is 2.89. The lowest BCUT2D eigenvalue weighted by Crippen LogP contribution is -2.43. The molecule has 2 saturated heterocycles. The normalized spacial score (nSPS) is 25.9. The summed E-state index contributed by atoms with van der Waals surface area (Å²) < 4.78 is 5.80. The molecule has 6 rings (SSSR count). The molecule has 4 aliphatic rings. The van der Waals surface area contributed by atoms with Crippen molar-refractivity contribution in [1.82, 2.24) is 4.90 Å². The fraction of sp³-hybridized carbons (Fsp3) is 0.375. The fourth-order valence-electron chi connectivity index (χ4n) is 5.21. The highest BCUT2D eigenvalue weighted by atomic mass is 16.6. The van der Waals surface area contributed by atoms with Gasteiger partial charge >= 0.3 is 5.97 Å². The first-order valence-electron chi connectivity index (χ1n) is 10.6. The first kappa shape index (κ1) is 17.7. The molecular weight excluding hydrogens is 380 g/mol. The molecule has 1 atom stereocenters. The quantitative estimate of drug-likeness (QED) is 0.585. The van der Waals surface area contributed by atoms with Gasteiger partial charge < -0.3 is 14.5 Å². The Morgan fingerprint density at radius 1 is 0.933 bits per heavy atom. The van der Waals surface area contributed by atoms with E-state index in [1.807, 2.05) is 47.4 Å². The lowest BCUT2D eigenvalue weighted by Gasteiger charge is -2.31. The van der Waals surface area contributed by atoms with Crippen molar-refractivity contribution in [2.24, 2.45) is 0 Å². The molecule has 0 N–H and O–H groups in total. The van der Waals surface area contributed by atoms with Crippen LogP contribution in [0.1, 0.15) is 47.2 Å². The highest BCUT2D eigenvalue weighted by molar-refractivity contribution is 5.99. The third kappa shape index (κ3) is 2.33. The van der Waals surface area contributed by atoms with Gasteiger partial charge in [0.2, 0.25) is 11.8 Å². The smallest absolute Gasteiger partial charge is 0.339 e. The van der Waals surface area contributed by atoms with Gasteiger partial charge in [-0.05, 0) is 36.6 Å². The molecule has 2 amide bonds. The number of carbonyl (C=O) groups excluding carboxylic acids is 3. The molecule has 30 heavy (non-hydrogen) atoms. The van der Waals surface area contributed by atoms with Crippen LogP contribution in [0.5, 0.6) is 0 Å². The zero-order valence-electron chi connectivity index (χ0n) is 16.6. The van der Waals surface area contributed by atoms with Crippen LogP contribution in [0.3, 0.4) is 0 Å². The Balaban J connectivity index is 1.24. The monoisotopic (exact) mass is 402 g/mol. The van der Waals surface area contributed by atoms with E-state index in [1.54, 1.807) is 11.0 Å². The van der Waals surface area contributed by atoms with Gasteiger partial charge in [0, 0.05) is 37.2 Å². The van der Waals surface area contributed by atoms with Crippen LogP contribution >= 0.6 is 0 Å². The van der Waals surface area contributed by atoms with Crippen molar-refractivity contribution in [3.05, 3.63) is 65.2 Å². The maximum Gasteiger partial charge on any atom is 0.339 e. The first-order chi connectivity index (χ1) is 14.5. The molecule has 3 aliphatic heterocycles. The predicted molar refractivity (Wildman–Crippen MR) is 109 cm³/mol. The molecule has 2 aromatic carbocycles. The van der Waals surface area contributed by atoms with Gasteiger partial charge in [-0.2, -0.15) is 0 Å². The Kier molecular flexibility index (Phi) is 3.50. The van der Waals surface area contributed by atoms with Crippen LogP contribution in [0.25, 0.3) is 0 Å². The van der Waals surface area contributed by atoms with Gasteiger partial charge in [-0.25, -0.2) is 4.79 Å². The number of amides is 2. The second-order valence-corrected chi connectivity index (χ2v) is 8.83. The average Bonchev–Trinajstić information content (AvgIpc) is 3.39. The van der Waals surface area contributed by atoms with E-state index in [-0.39, 0.29) is 17.8 Å². The number of fused-ring (bicyclic) bond motifs is 2. The van der Waals surface area contributed by atoms with Crippen LogP contribution in [0.15, 0.2) is 48.5 Å². The largest absolute Gasteiger partial charge is 0.449 e. The van der Waals surface area contributed by atoms with Crippen molar-refractivity contribution in [2.45, 2.75) is 36.7 Å². The third-order valence-electron chi connectivity index (χ3n) is 7.19. The molecular formula is C24H22N2O4. The minimum absolute atomic E-state index is 0.118. The second-order valence-electron chi connectivity index (χ2n) is 8.83. The number of hydrogen-bond donors (Lipinski definition) is 0. The third-order valence-corrected chi connectivity index (χ3v) is 7.19. The summed E-state index contributed by atoms with van der Waals surface area (Å²) in [5.74, 6) is -0.0292. The Morgan fingerprint density at radius 3 is 2.37 bits per heavy atom. The van der Waals surface area contributed by atoms with E-state index in [9.17, 15) is 14.4 Å². The number of rotatable bonds is 3. The molecule has 6 heteroatoms. The molecule has 3 fully saturated rings. The number of nitrogens with zero attached hydrogens (tertiary/aromatic N) is 2. The molecule has 1 saturated carbocycles. The molecule has 0 aromatic heterocycles. The number of β-lactam (4-membered cyclic amide) rings is 1. The molecule has 1 aliphatic carbocycles. The second kappa shape index (κ2) is 5.94. The van der Waals surface area contributed by atoms with E-state index in [0.717, 1.165) is 36.2 Å². The van der Waals surface area contributed by atoms with E-state index in [1.165, 1.54) is 0 Å². The van der Waals surface area contributed by atoms with Crippen LogP contribution in [0, 0.1) is 0 Å². The summed E-state index contributed by atoms with van der Waals surface area (Å²) in [5.41, 5.74) is 2.23. The number of likely N-dealkylation sites (tertiary alicyclic amines) is 1. The number of anilines is 1. The number of benzene rings is 2. The van der Waals surface area contributed by atoms with Gasteiger partial charge in [0.25, 0.3) is 0 Å². The van der Waals surface area contributed by atoms with Crippen molar-refractivity contribution >= 4 is 23.5 Å². The summed E-state index contributed by atoms with van der Waals surface area (Å²) in [5, 5.41) is 0. The minimum Gasteiger partial charge on any atom is -0.449 e. The van der Waals surface area contributed by atoms with Gasteiger partial charge in [0.1, 0.15) is 0 Å². The van der Waals surface area contributed by atoms with Crippen molar-refractivity contribution in [3.8, 4) is 0 Å². The summed E-state index contributed by atoms with van der Waals surface area (Å²) in [7, 11) is 0. The van der Waals surface area contributed by atoms with Crippen molar-refractivity contribution in [1.29, 1.82) is 0 Å².